The number of rotatable bonds is 9. The third-order valence-electron chi connectivity index (χ3n) is 5.51. The second-order valence-electron chi connectivity index (χ2n) is 7.83. The van der Waals surface area contributed by atoms with Crippen LogP contribution in [0.2, 0.25) is 0 Å². The predicted molar refractivity (Wildman–Crippen MR) is 120 cm³/mol. The first-order chi connectivity index (χ1) is 14.7. The third kappa shape index (κ3) is 6.20. The van der Waals surface area contributed by atoms with Gasteiger partial charge in [-0.05, 0) is 54.8 Å². The molecule has 1 aliphatic heterocycles. The van der Waals surface area contributed by atoms with E-state index in [4.69, 9.17) is 9.47 Å². The van der Waals surface area contributed by atoms with Crippen molar-refractivity contribution in [3.63, 3.8) is 0 Å². The molecule has 30 heavy (non-hydrogen) atoms. The molecule has 0 bridgehead atoms. The van der Waals surface area contributed by atoms with Gasteiger partial charge in [0, 0.05) is 36.1 Å². The van der Waals surface area contributed by atoms with Gasteiger partial charge in [-0.25, -0.2) is 4.79 Å². The fourth-order valence-corrected chi connectivity index (χ4v) is 3.96. The Kier molecular flexibility index (Phi) is 7.25. The Morgan fingerprint density at radius 3 is 2.63 bits per heavy atom. The summed E-state index contributed by atoms with van der Waals surface area (Å²) in [7, 11) is 0. The number of alkyl carbamates (subject to hydrolysis) is 1. The Morgan fingerprint density at radius 2 is 1.90 bits per heavy atom. The molecule has 1 heterocycles. The molecule has 1 saturated carbocycles. The lowest BCUT2D eigenvalue weighted by atomic mass is 10.1. The van der Waals surface area contributed by atoms with Crippen molar-refractivity contribution in [3.05, 3.63) is 64.1 Å². The van der Waals surface area contributed by atoms with Crippen molar-refractivity contribution in [2.75, 3.05) is 26.2 Å². The number of nitrogens with one attached hydrogen (secondary N) is 3. The molecule has 2 aromatic carbocycles. The monoisotopic (exact) mass is 473 g/mol. The minimum Gasteiger partial charge on any atom is -0.489 e. The van der Waals surface area contributed by atoms with Crippen molar-refractivity contribution in [2.45, 2.75) is 37.5 Å². The van der Waals surface area contributed by atoms with Crippen molar-refractivity contribution >= 4 is 22.0 Å². The first-order valence-electron chi connectivity index (χ1n) is 10.5. The van der Waals surface area contributed by atoms with Crippen LogP contribution < -0.4 is 20.7 Å². The molecule has 1 amide bonds. The van der Waals surface area contributed by atoms with Crippen molar-refractivity contribution < 1.29 is 14.3 Å². The van der Waals surface area contributed by atoms with Gasteiger partial charge in [0.25, 0.3) is 0 Å². The molecule has 4 rings (SSSR count). The molecule has 2 aliphatic rings. The number of benzene rings is 2. The Hall–Kier alpha value is -2.09. The zero-order chi connectivity index (χ0) is 20.8. The highest BCUT2D eigenvalue weighted by molar-refractivity contribution is 9.10. The number of hydrogen-bond donors (Lipinski definition) is 3. The first-order valence-corrected chi connectivity index (χ1v) is 11.3. The van der Waals surface area contributed by atoms with Gasteiger partial charge in [-0.15, -0.1) is 0 Å². The summed E-state index contributed by atoms with van der Waals surface area (Å²) in [6, 6.07) is 17.0. The zero-order valence-corrected chi connectivity index (χ0v) is 18.5. The van der Waals surface area contributed by atoms with E-state index in [0.29, 0.717) is 25.1 Å². The van der Waals surface area contributed by atoms with E-state index < -0.39 is 0 Å². The van der Waals surface area contributed by atoms with Gasteiger partial charge in [0.1, 0.15) is 18.5 Å². The van der Waals surface area contributed by atoms with Crippen molar-refractivity contribution in [3.8, 4) is 5.75 Å². The minimum absolute atomic E-state index is 0.00703. The first kappa shape index (κ1) is 21.2. The number of ether oxygens (including phenoxy) is 2. The predicted octanol–water partition coefficient (Wildman–Crippen LogP) is 3.56. The number of amides is 1. The van der Waals surface area contributed by atoms with E-state index in [1.807, 2.05) is 24.3 Å². The Labute approximate surface area is 185 Å². The Balaban J connectivity index is 1.12. The lowest BCUT2D eigenvalue weighted by molar-refractivity contribution is 0.107. The molecule has 0 radical (unpaired) electrons. The van der Waals surface area contributed by atoms with Gasteiger partial charge in [0.2, 0.25) is 0 Å². The van der Waals surface area contributed by atoms with Gasteiger partial charge in [0.05, 0.1) is 0 Å². The summed E-state index contributed by atoms with van der Waals surface area (Å²) in [5.74, 6) is 1.41. The lowest BCUT2D eigenvalue weighted by Gasteiger charge is -2.12. The summed E-state index contributed by atoms with van der Waals surface area (Å²) in [6.45, 7) is 3.55. The number of carbonyl (C=O) groups is 1. The molecule has 3 N–H and O–H groups in total. The molecule has 0 spiro atoms. The summed E-state index contributed by atoms with van der Waals surface area (Å²) in [4.78, 5) is 11.7. The van der Waals surface area contributed by atoms with Gasteiger partial charge in [0.15, 0.2) is 0 Å². The Morgan fingerprint density at radius 1 is 1.10 bits per heavy atom. The van der Waals surface area contributed by atoms with Crippen LogP contribution in [0.1, 0.15) is 29.9 Å². The fourth-order valence-electron chi connectivity index (χ4n) is 3.69. The second-order valence-corrected chi connectivity index (χ2v) is 8.75. The smallest absolute Gasteiger partial charge is 0.407 e. The quantitative estimate of drug-likeness (QED) is 0.485. The van der Waals surface area contributed by atoms with Crippen molar-refractivity contribution in [1.82, 2.24) is 16.0 Å². The molecule has 7 heteroatoms. The molecule has 0 unspecified atom stereocenters. The van der Waals surface area contributed by atoms with E-state index in [1.165, 1.54) is 5.56 Å². The molecule has 1 aliphatic carbocycles. The number of halogens is 1. The van der Waals surface area contributed by atoms with E-state index in [1.54, 1.807) is 0 Å². The molecule has 2 aromatic rings. The summed E-state index contributed by atoms with van der Waals surface area (Å²) in [5.41, 5.74) is 2.47. The lowest BCUT2D eigenvalue weighted by Crippen LogP contribution is -2.35. The molecule has 160 valence electrons. The van der Waals surface area contributed by atoms with Crippen LogP contribution in [0.15, 0.2) is 53.0 Å². The third-order valence-corrected chi connectivity index (χ3v) is 6.04. The van der Waals surface area contributed by atoms with Crippen LogP contribution in [-0.4, -0.2) is 44.4 Å². The molecule has 3 atom stereocenters. The van der Waals surface area contributed by atoms with E-state index >= 15 is 0 Å². The summed E-state index contributed by atoms with van der Waals surface area (Å²) < 4.78 is 12.3. The van der Waals surface area contributed by atoms with Gasteiger partial charge < -0.3 is 25.4 Å². The normalized spacial score (nSPS) is 22.5. The average Bonchev–Trinajstić information content (AvgIpc) is 3.35. The van der Waals surface area contributed by atoms with E-state index in [9.17, 15) is 4.79 Å². The highest BCUT2D eigenvalue weighted by Gasteiger charge is 2.37. The second kappa shape index (κ2) is 10.3. The fraction of sp³-hybridized carbons (Fsp3) is 0.435. The maximum atomic E-state index is 11.7. The van der Waals surface area contributed by atoms with Gasteiger partial charge >= 0.3 is 6.09 Å². The van der Waals surface area contributed by atoms with Gasteiger partial charge in [-0.1, -0.05) is 40.2 Å². The van der Waals surface area contributed by atoms with Gasteiger partial charge in [-0.3, -0.25) is 0 Å². The molecule has 6 nitrogen and oxygen atoms in total. The van der Waals surface area contributed by atoms with Crippen LogP contribution in [0.25, 0.3) is 0 Å². The summed E-state index contributed by atoms with van der Waals surface area (Å²) in [5, 5.41) is 9.50. The van der Waals surface area contributed by atoms with Crippen LogP contribution in [0.4, 0.5) is 4.79 Å². The van der Waals surface area contributed by atoms with Crippen LogP contribution in [-0.2, 0) is 11.3 Å². The highest BCUT2D eigenvalue weighted by atomic mass is 79.9. The minimum atomic E-state index is -0.323. The largest absolute Gasteiger partial charge is 0.489 e. The molecular weight excluding hydrogens is 446 g/mol. The molecular formula is C23H28BrN3O3. The average molecular weight is 474 g/mol. The highest BCUT2D eigenvalue weighted by Crippen LogP contribution is 2.41. The number of hydrogen-bond acceptors (Lipinski definition) is 5. The molecule has 2 fully saturated rings. The van der Waals surface area contributed by atoms with Crippen LogP contribution in [0.5, 0.6) is 5.75 Å². The zero-order valence-electron chi connectivity index (χ0n) is 16.9. The summed E-state index contributed by atoms with van der Waals surface area (Å²) >= 11 is 3.44. The SMILES string of the molecule is O=C(NCCN[C@@H]1C[C@H]1c1ccc(OCc2ccc(Br)cc2)cc1)O[C@@H]1CCNC1. The van der Waals surface area contributed by atoms with Crippen molar-refractivity contribution in [1.29, 1.82) is 0 Å². The summed E-state index contributed by atoms with van der Waals surface area (Å²) in [6.07, 6.45) is 1.70. The van der Waals surface area contributed by atoms with Crippen LogP contribution >= 0.6 is 15.9 Å². The Bertz CT molecular complexity index is 823. The van der Waals surface area contributed by atoms with E-state index in [-0.39, 0.29) is 12.2 Å². The maximum absolute atomic E-state index is 11.7. The van der Waals surface area contributed by atoms with E-state index in [0.717, 1.165) is 48.3 Å². The van der Waals surface area contributed by atoms with E-state index in [2.05, 4.69) is 56.1 Å². The molecule has 1 saturated heterocycles. The van der Waals surface area contributed by atoms with Crippen LogP contribution in [0.3, 0.4) is 0 Å². The molecule has 0 aromatic heterocycles. The van der Waals surface area contributed by atoms with Gasteiger partial charge in [-0.2, -0.15) is 0 Å². The topological polar surface area (TPSA) is 71.6 Å². The van der Waals surface area contributed by atoms with Crippen molar-refractivity contribution in [2.24, 2.45) is 0 Å². The number of carbonyl (C=O) groups excluding carboxylic acids is 1. The standard InChI is InChI=1S/C23H28BrN3O3/c24-18-5-1-16(2-6-18)15-29-19-7-3-17(4-8-19)21-13-22(21)26-11-12-27-23(28)30-20-9-10-25-14-20/h1-8,20-22,25-26H,9-15H2,(H,27,28)/t20-,21+,22-/m1/s1. The van der Waals surface area contributed by atoms with Crippen LogP contribution in [0, 0.1) is 0 Å². The maximum Gasteiger partial charge on any atom is 0.407 e.